The van der Waals surface area contributed by atoms with Crippen LogP contribution in [-0.4, -0.2) is 31.9 Å². The molecule has 0 bridgehead atoms. The molecule has 0 spiro atoms. The number of hydrogen-bond acceptors (Lipinski definition) is 5. The van der Waals surface area contributed by atoms with Crippen molar-refractivity contribution in [1.82, 2.24) is 4.90 Å². The van der Waals surface area contributed by atoms with Crippen LogP contribution in [0.25, 0.3) is 0 Å². The van der Waals surface area contributed by atoms with Crippen molar-refractivity contribution in [2.45, 2.75) is 6.61 Å². The lowest BCUT2D eigenvalue weighted by atomic mass is 10.1. The fourth-order valence-electron chi connectivity index (χ4n) is 2.10. The van der Waals surface area contributed by atoms with Gasteiger partial charge in [-0.3, -0.25) is 4.79 Å². The Kier molecular flexibility index (Phi) is 5.84. The van der Waals surface area contributed by atoms with Crippen LogP contribution in [0.5, 0.6) is 11.5 Å². The lowest BCUT2D eigenvalue weighted by molar-refractivity contribution is 0.104. The highest BCUT2D eigenvalue weighted by atomic mass is 16.5. The molecule has 0 fully saturated rings. The zero-order valence-corrected chi connectivity index (χ0v) is 14.2. The predicted octanol–water partition coefficient (Wildman–Crippen LogP) is 3.11. The van der Waals surface area contributed by atoms with Crippen LogP contribution < -0.4 is 15.2 Å². The Bertz CT molecular complexity index is 725. The lowest BCUT2D eigenvalue weighted by Crippen LogP contribution is -2.06. The molecule has 0 saturated heterocycles. The van der Waals surface area contributed by atoms with Gasteiger partial charge in [0.1, 0.15) is 6.61 Å². The molecule has 126 valence electrons. The van der Waals surface area contributed by atoms with E-state index in [1.54, 1.807) is 23.2 Å². The highest BCUT2D eigenvalue weighted by Crippen LogP contribution is 2.33. The summed E-state index contributed by atoms with van der Waals surface area (Å²) in [5.41, 5.74) is 7.79. The summed E-state index contributed by atoms with van der Waals surface area (Å²) in [6, 6.07) is 13.0. The Balaban J connectivity index is 2.22. The molecule has 2 N–H and O–H groups in total. The fourth-order valence-corrected chi connectivity index (χ4v) is 2.10. The number of allylic oxidation sites excluding steroid dienone is 1. The van der Waals surface area contributed by atoms with E-state index >= 15 is 0 Å². The third-order valence-electron chi connectivity index (χ3n) is 3.36. The van der Waals surface area contributed by atoms with Crippen molar-refractivity contribution < 1.29 is 14.3 Å². The summed E-state index contributed by atoms with van der Waals surface area (Å²) in [6.45, 7) is 0.393. The van der Waals surface area contributed by atoms with E-state index in [9.17, 15) is 4.79 Å². The molecule has 0 amide bonds. The van der Waals surface area contributed by atoms with Crippen LogP contribution in [0.4, 0.5) is 5.69 Å². The second kappa shape index (κ2) is 8.06. The van der Waals surface area contributed by atoms with Crippen LogP contribution >= 0.6 is 0 Å². The molecule has 2 aromatic rings. The van der Waals surface area contributed by atoms with E-state index in [-0.39, 0.29) is 5.78 Å². The number of nitrogens with zero attached hydrogens (tertiary/aromatic N) is 1. The van der Waals surface area contributed by atoms with Gasteiger partial charge in [-0.15, -0.1) is 0 Å². The number of carbonyl (C=O) groups is 1. The first-order valence-electron chi connectivity index (χ1n) is 7.54. The van der Waals surface area contributed by atoms with Gasteiger partial charge >= 0.3 is 0 Å². The molecule has 0 aromatic heterocycles. The predicted molar refractivity (Wildman–Crippen MR) is 95.3 cm³/mol. The zero-order valence-electron chi connectivity index (χ0n) is 14.2. The van der Waals surface area contributed by atoms with Crippen LogP contribution in [0, 0.1) is 0 Å². The van der Waals surface area contributed by atoms with Gasteiger partial charge in [0.25, 0.3) is 0 Å². The van der Waals surface area contributed by atoms with Crippen molar-refractivity contribution in [3.05, 3.63) is 65.9 Å². The van der Waals surface area contributed by atoms with Crippen molar-refractivity contribution in [1.29, 1.82) is 0 Å². The van der Waals surface area contributed by atoms with E-state index in [1.165, 1.54) is 13.2 Å². The maximum atomic E-state index is 12.2. The minimum Gasteiger partial charge on any atom is -0.493 e. The summed E-state index contributed by atoms with van der Waals surface area (Å²) in [4.78, 5) is 14.0. The molecule has 0 aliphatic rings. The Morgan fingerprint density at radius 3 is 2.50 bits per heavy atom. The van der Waals surface area contributed by atoms with E-state index in [0.29, 0.717) is 29.4 Å². The molecular weight excluding hydrogens is 304 g/mol. The summed E-state index contributed by atoms with van der Waals surface area (Å²) < 4.78 is 11.1. The summed E-state index contributed by atoms with van der Waals surface area (Å²) in [5.74, 6) is 0.794. The maximum absolute atomic E-state index is 12.2. The molecule has 0 radical (unpaired) electrons. The van der Waals surface area contributed by atoms with Gasteiger partial charge < -0.3 is 20.1 Å². The Hall–Kier alpha value is -2.95. The molecule has 2 aromatic carbocycles. The van der Waals surface area contributed by atoms with E-state index in [4.69, 9.17) is 15.2 Å². The van der Waals surface area contributed by atoms with Crippen molar-refractivity contribution in [2.24, 2.45) is 0 Å². The van der Waals surface area contributed by atoms with Crippen LogP contribution in [0.3, 0.4) is 0 Å². The normalized spacial score (nSPS) is 10.6. The monoisotopic (exact) mass is 326 g/mol. The minimum atomic E-state index is -0.186. The van der Waals surface area contributed by atoms with Gasteiger partial charge in [-0.2, -0.15) is 0 Å². The Morgan fingerprint density at radius 2 is 1.88 bits per heavy atom. The van der Waals surface area contributed by atoms with Crippen molar-refractivity contribution in [3.63, 3.8) is 0 Å². The number of anilines is 1. The van der Waals surface area contributed by atoms with Gasteiger partial charge in [-0.05, 0) is 11.6 Å². The molecule has 0 atom stereocenters. The topological polar surface area (TPSA) is 64.8 Å². The van der Waals surface area contributed by atoms with Crippen molar-refractivity contribution in [2.75, 3.05) is 26.9 Å². The maximum Gasteiger partial charge on any atom is 0.189 e. The summed E-state index contributed by atoms with van der Waals surface area (Å²) in [7, 11) is 5.22. The summed E-state index contributed by atoms with van der Waals surface area (Å²) in [6.07, 6.45) is 3.14. The van der Waals surface area contributed by atoms with Crippen molar-refractivity contribution >= 4 is 11.5 Å². The van der Waals surface area contributed by atoms with Gasteiger partial charge in [0, 0.05) is 43.7 Å². The zero-order chi connectivity index (χ0) is 17.5. The molecular formula is C19H22N2O3. The third-order valence-corrected chi connectivity index (χ3v) is 3.36. The number of ketones is 1. The van der Waals surface area contributed by atoms with E-state index in [2.05, 4.69) is 0 Å². The van der Waals surface area contributed by atoms with Gasteiger partial charge in [0.05, 0.1) is 7.11 Å². The quantitative estimate of drug-likeness (QED) is 0.481. The molecule has 0 saturated carbocycles. The number of hydrogen-bond donors (Lipinski definition) is 1. The molecule has 5 heteroatoms. The van der Waals surface area contributed by atoms with Gasteiger partial charge in [-0.1, -0.05) is 30.3 Å². The first-order valence-corrected chi connectivity index (χ1v) is 7.54. The molecule has 2 rings (SSSR count). The second-order valence-electron chi connectivity index (χ2n) is 5.51. The molecule has 5 nitrogen and oxygen atoms in total. The SMILES string of the molecule is COc1cc(C(=O)/C=C/N(C)C)c(N)cc1OCc1ccccc1. The van der Waals surface area contributed by atoms with E-state index in [1.807, 2.05) is 44.4 Å². The third kappa shape index (κ3) is 4.52. The largest absolute Gasteiger partial charge is 0.493 e. The van der Waals surface area contributed by atoms with Crippen molar-refractivity contribution in [3.8, 4) is 11.5 Å². The molecule has 0 heterocycles. The number of ether oxygens (including phenoxy) is 2. The number of methoxy groups -OCH3 is 1. The first kappa shape index (κ1) is 17.4. The molecule has 0 aliphatic heterocycles. The lowest BCUT2D eigenvalue weighted by Gasteiger charge is -2.13. The summed E-state index contributed by atoms with van der Waals surface area (Å²) >= 11 is 0. The Morgan fingerprint density at radius 1 is 1.17 bits per heavy atom. The van der Waals surface area contributed by atoms with E-state index in [0.717, 1.165) is 5.56 Å². The summed E-state index contributed by atoms with van der Waals surface area (Å²) in [5, 5.41) is 0. The van der Waals surface area contributed by atoms with Crippen LogP contribution in [0.15, 0.2) is 54.7 Å². The number of carbonyl (C=O) groups excluding carboxylic acids is 1. The van der Waals surface area contributed by atoms with Crippen LogP contribution in [0.1, 0.15) is 15.9 Å². The van der Waals surface area contributed by atoms with Gasteiger partial charge in [-0.25, -0.2) is 0 Å². The number of nitrogen functional groups attached to an aromatic ring is 1. The van der Waals surface area contributed by atoms with Gasteiger partial charge in [0.2, 0.25) is 0 Å². The van der Waals surface area contributed by atoms with Crippen LogP contribution in [-0.2, 0) is 6.61 Å². The standard InChI is InChI=1S/C19H22N2O3/c1-21(2)10-9-17(22)15-11-18(23-3)19(12-16(15)20)24-13-14-7-5-4-6-8-14/h4-12H,13,20H2,1-3H3/b10-9+. The highest BCUT2D eigenvalue weighted by Gasteiger charge is 2.14. The minimum absolute atomic E-state index is 0.186. The number of nitrogens with two attached hydrogens (primary N) is 1. The fraction of sp³-hybridized carbons (Fsp3) is 0.211. The van der Waals surface area contributed by atoms with Crippen LogP contribution in [0.2, 0.25) is 0 Å². The average molecular weight is 326 g/mol. The second-order valence-corrected chi connectivity index (χ2v) is 5.51. The number of benzene rings is 2. The Labute approximate surface area is 142 Å². The first-order chi connectivity index (χ1) is 11.5. The van der Waals surface area contributed by atoms with E-state index < -0.39 is 0 Å². The average Bonchev–Trinajstić information content (AvgIpc) is 2.58. The molecule has 0 aliphatic carbocycles. The molecule has 0 unspecified atom stereocenters. The van der Waals surface area contributed by atoms with Gasteiger partial charge in [0.15, 0.2) is 17.3 Å². The smallest absolute Gasteiger partial charge is 0.189 e. The molecule has 24 heavy (non-hydrogen) atoms. The highest BCUT2D eigenvalue weighted by molar-refractivity contribution is 6.08. The number of rotatable bonds is 7.